The van der Waals surface area contributed by atoms with E-state index in [1.54, 1.807) is 18.9 Å². The second kappa shape index (κ2) is 7.54. The molecule has 0 aromatic heterocycles. The number of methoxy groups -OCH3 is 1. The number of rotatable bonds is 6. The summed E-state index contributed by atoms with van der Waals surface area (Å²) in [6.07, 6.45) is 13.3. The minimum atomic E-state index is 0.455. The van der Waals surface area contributed by atoms with Gasteiger partial charge in [0.1, 0.15) is 5.75 Å². The number of allylic oxidation sites excluding steroid dienone is 1. The zero-order chi connectivity index (χ0) is 19.7. The Morgan fingerprint density at radius 2 is 1.97 bits per heavy atom. The van der Waals surface area contributed by atoms with Crippen molar-refractivity contribution < 1.29 is 9.33 Å². The fourth-order valence-corrected chi connectivity index (χ4v) is 4.86. The molecule has 0 saturated heterocycles. The average Bonchev–Trinajstić information content (AvgIpc) is 3.16. The minimum absolute atomic E-state index is 0.455. The summed E-state index contributed by atoms with van der Waals surface area (Å²) in [4.78, 5) is 11.1. The summed E-state index contributed by atoms with van der Waals surface area (Å²) in [5.41, 5.74) is 2.18. The Labute approximate surface area is 175 Å². The Balaban J connectivity index is 1.54. The predicted octanol–water partition coefficient (Wildman–Crippen LogP) is 5.38. The van der Waals surface area contributed by atoms with Crippen LogP contribution in [0.1, 0.15) is 19.3 Å². The first-order chi connectivity index (χ1) is 14.3. The third-order valence-corrected chi connectivity index (χ3v) is 6.67. The highest BCUT2D eigenvalue weighted by atomic mass is 32.2. The van der Waals surface area contributed by atoms with E-state index in [0.717, 1.165) is 22.0 Å². The van der Waals surface area contributed by atoms with E-state index in [0.29, 0.717) is 10.6 Å². The van der Waals surface area contributed by atoms with E-state index in [1.165, 1.54) is 24.2 Å². The third kappa shape index (κ3) is 3.18. The van der Waals surface area contributed by atoms with E-state index in [4.69, 9.17) is 4.74 Å². The van der Waals surface area contributed by atoms with Crippen LogP contribution >= 0.6 is 11.8 Å². The average molecular weight is 404 g/mol. The van der Waals surface area contributed by atoms with Gasteiger partial charge in [-0.3, -0.25) is 4.99 Å². The molecule has 2 aliphatic heterocycles. The van der Waals surface area contributed by atoms with Crippen LogP contribution in [0.3, 0.4) is 0 Å². The summed E-state index contributed by atoms with van der Waals surface area (Å²) in [7, 11) is 1.74. The highest BCUT2D eigenvalue weighted by Gasteiger charge is 2.46. The molecule has 6 heteroatoms. The lowest BCUT2D eigenvalue weighted by Gasteiger charge is -2.46. The first-order valence-electron chi connectivity index (χ1n) is 9.85. The molecule has 5 rings (SSSR count). The van der Waals surface area contributed by atoms with Crippen LogP contribution in [0, 0.1) is 0 Å². The summed E-state index contributed by atoms with van der Waals surface area (Å²) in [5, 5.41) is 2.44. The molecule has 0 radical (unpaired) electrons. The molecule has 1 atom stereocenters. The van der Waals surface area contributed by atoms with Gasteiger partial charge >= 0.3 is 0 Å². The largest absolute Gasteiger partial charge is 0.495 e. The lowest BCUT2D eigenvalue weighted by Crippen LogP contribution is -2.61. The van der Waals surface area contributed by atoms with Crippen LogP contribution in [-0.2, 0) is 0 Å². The maximum atomic E-state index is 5.79. The molecule has 1 saturated carbocycles. The fourth-order valence-electron chi connectivity index (χ4n) is 3.93. The normalized spacial score (nSPS) is 22.2. The highest BCUT2D eigenvalue weighted by Crippen LogP contribution is 2.43. The molecule has 1 aliphatic carbocycles. The summed E-state index contributed by atoms with van der Waals surface area (Å²) in [6.45, 7) is 0. The zero-order valence-electron chi connectivity index (χ0n) is 16.3. The van der Waals surface area contributed by atoms with Gasteiger partial charge in [0.25, 0.3) is 0 Å². The Hall–Kier alpha value is -2.83. The molecule has 5 nitrogen and oxygen atoms in total. The number of ether oxygens (including phenoxy) is 1. The maximum absolute atomic E-state index is 5.79. The number of nitrogens with zero attached hydrogens (tertiary/aromatic N) is 4. The second-order valence-corrected chi connectivity index (χ2v) is 8.43. The Morgan fingerprint density at radius 3 is 2.72 bits per heavy atom. The molecule has 3 aliphatic rings. The molecule has 146 valence electrons. The molecular weight excluding hydrogens is 380 g/mol. The summed E-state index contributed by atoms with van der Waals surface area (Å²) >= 11 is 1.72. The van der Waals surface area contributed by atoms with Gasteiger partial charge in [-0.05, 0) is 43.5 Å². The van der Waals surface area contributed by atoms with Crippen molar-refractivity contribution in [3.63, 3.8) is 0 Å². The SMILES string of the molecule is COc1cc(N(C2CCC2)[N+]23C=CN=CC2=CN=C3)ccc1Sc1ccccc1. The van der Waals surface area contributed by atoms with Crippen LogP contribution in [0.5, 0.6) is 5.75 Å². The van der Waals surface area contributed by atoms with E-state index in [-0.39, 0.29) is 0 Å². The monoisotopic (exact) mass is 403 g/mol. The number of fused-ring (bicyclic) bond motifs is 1. The Morgan fingerprint density at radius 1 is 1.10 bits per heavy atom. The highest BCUT2D eigenvalue weighted by molar-refractivity contribution is 7.99. The molecule has 2 heterocycles. The Kier molecular flexibility index (Phi) is 4.73. The zero-order valence-corrected chi connectivity index (χ0v) is 17.1. The number of aliphatic imine (C=N–C) groups is 2. The van der Waals surface area contributed by atoms with Crippen molar-refractivity contribution in [2.24, 2.45) is 9.98 Å². The van der Waals surface area contributed by atoms with Crippen LogP contribution < -0.4 is 9.75 Å². The van der Waals surface area contributed by atoms with E-state index >= 15 is 0 Å². The van der Waals surface area contributed by atoms with Gasteiger partial charge in [-0.15, -0.1) is 4.59 Å². The third-order valence-electron chi connectivity index (χ3n) is 5.61. The molecule has 1 fully saturated rings. The van der Waals surface area contributed by atoms with Crippen LogP contribution in [0.15, 0.2) is 92.6 Å². The van der Waals surface area contributed by atoms with Crippen molar-refractivity contribution in [2.75, 3.05) is 12.1 Å². The van der Waals surface area contributed by atoms with Crippen molar-refractivity contribution in [1.82, 2.24) is 0 Å². The first kappa shape index (κ1) is 18.2. The molecule has 1 unspecified atom stereocenters. The lowest BCUT2D eigenvalue weighted by atomic mass is 9.91. The first-order valence-corrected chi connectivity index (χ1v) is 10.7. The van der Waals surface area contributed by atoms with Crippen LogP contribution in [0.25, 0.3) is 0 Å². The number of quaternary nitrogens is 1. The molecule has 0 N–H and O–H groups in total. The topological polar surface area (TPSA) is 37.2 Å². The summed E-state index contributed by atoms with van der Waals surface area (Å²) in [5.74, 6) is 0.884. The number of benzene rings is 2. The van der Waals surface area contributed by atoms with Gasteiger partial charge in [-0.2, -0.15) is 0 Å². The molecular formula is C23H23N4OS+. The second-order valence-electron chi connectivity index (χ2n) is 7.31. The summed E-state index contributed by atoms with van der Waals surface area (Å²) < 4.78 is 6.25. The van der Waals surface area contributed by atoms with Gasteiger partial charge < -0.3 is 4.74 Å². The van der Waals surface area contributed by atoms with Gasteiger partial charge in [0, 0.05) is 11.0 Å². The number of anilines is 1. The minimum Gasteiger partial charge on any atom is -0.495 e. The van der Waals surface area contributed by atoms with Crippen molar-refractivity contribution in [3.8, 4) is 5.75 Å². The molecule has 2 aromatic rings. The van der Waals surface area contributed by atoms with Gasteiger partial charge in [0.15, 0.2) is 6.20 Å². The van der Waals surface area contributed by atoms with Gasteiger partial charge in [0.2, 0.25) is 12.0 Å². The van der Waals surface area contributed by atoms with Crippen molar-refractivity contribution in [2.45, 2.75) is 35.1 Å². The van der Waals surface area contributed by atoms with Gasteiger partial charge in [-0.25, -0.2) is 10.0 Å². The van der Waals surface area contributed by atoms with Gasteiger partial charge in [0.05, 0.1) is 42.3 Å². The van der Waals surface area contributed by atoms with Crippen LogP contribution in [0.4, 0.5) is 5.69 Å². The van der Waals surface area contributed by atoms with Crippen molar-refractivity contribution >= 4 is 30.0 Å². The molecule has 0 spiro atoms. The number of hydrogen-bond acceptors (Lipinski definition) is 5. The van der Waals surface area contributed by atoms with Gasteiger partial charge in [-0.1, -0.05) is 30.0 Å². The van der Waals surface area contributed by atoms with E-state index in [2.05, 4.69) is 63.7 Å². The van der Waals surface area contributed by atoms with E-state index < -0.39 is 0 Å². The smallest absolute Gasteiger partial charge is 0.225 e. The standard InChI is InChI=1S/C23H23N4OS/c1-28-22-14-19(10-11-23(22)29-21-8-3-2-4-9-21)26(18-6-5-7-18)27-13-12-24-15-20(27)16-25-17-27/h2-4,8-18H,5-7H2,1H3/q+1. The van der Waals surface area contributed by atoms with Crippen molar-refractivity contribution in [1.29, 1.82) is 0 Å². The maximum Gasteiger partial charge on any atom is 0.225 e. The van der Waals surface area contributed by atoms with Crippen LogP contribution in [-0.4, -0.2) is 30.3 Å². The van der Waals surface area contributed by atoms with E-state index in [1.807, 2.05) is 31.0 Å². The lowest BCUT2D eigenvalue weighted by molar-refractivity contribution is -0.746. The van der Waals surface area contributed by atoms with Crippen LogP contribution in [0.2, 0.25) is 0 Å². The Bertz CT molecular complexity index is 1030. The summed E-state index contributed by atoms with van der Waals surface area (Å²) in [6, 6.07) is 17.4. The molecule has 0 bridgehead atoms. The van der Waals surface area contributed by atoms with E-state index in [9.17, 15) is 0 Å². The predicted molar refractivity (Wildman–Crippen MR) is 118 cm³/mol. The van der Waals surface area contributed by atoms with Crippen molar-refractivity contribution in [3.05, 3.63) is 72.8 Å². The quantitative estimate of drug-likeness (QED) is 0.608. The molecule has 29 heavy (non-hydrogen) atoms. The molecule has 2 aromatic carbocycles. The number of hydrogen-bond donors (Lipinski definition) is 0. The molecule has 0 amide bonds. The fraction of sp³-hybridized carbons (Fsp3) is 0.217.